The smallest absolute Gasteiger partial charge is 0.191 e. The molecule has 6 nitrogen and oxygen atoms in total. The fourth-order valence-electron chi connectivity index (χ4n) is 2.95. The number of nitrogens with one attached hydrogen (secondary N) is 2. The van der Waals surface area contributed by atoms with Crippen LogP contribution in [0.25, 0.3) is 10.6 Å². The number of aromatic nitrogens is 1. The highest BCUT2D eigenvalue weighted by Gasteiger charge is 2.28. The van der Waals surface area contributed by atoms with Crippen LogP contribution < -0.4 is 10.6 Å². The molecular weight excluding hydrogens is 507 g/mol. The van der Waals surface area contributed by atoms with Crippen LogP contribution in [0.2, 0.25) is 0 Å². The molecule has 1 atom stereocenters. The maximum atomic E-state index is 11.6. The number of guanidine groups is 1. The van der Waals surface area contributed by atoms with Crippen LogP contribution >= 0.6 is 35.3 Å². The molecule has 0 spiro atoms. The average Bonchev–Trinajstić information content (AvgIpc) is 3.22. The molecule has 0 saturated carbocycles. The Hall–Kier alpha value is -1.20. The number of benzene rings is 1. The molecule has 9 heteroatoms. The largest absolute Gasteiger partial charge is 0.357 e. The Kier molecular flexibility index (Phi) is 8.69. The van der Waals surface area contributed by atoms with Gasteiger partial charge in [0.15, 0.2) is 15.8 Å². The van der Waals surface area contributed by atoms with Crippen molar-refractivity contribution in [3.8, 4) is 10.6 Å². The lowest BCUT2D eigenvalue weighted by atomic mass is 10.2. The Morgan fingerprint density at radius 1 is 1.32 bits per heavy atom. The summed E-state index contributed by atoms with van der Waals surface area (Å²) in [5.74, 6) is 1.11. The first-order valence-electron chi connectivity index (χ1n) is 9.22. The molecule has 2 aromatic rings. The van der Waals surface area contributed by atoms with Crippen LogP contribution in [0.15, 0.2) is 34.6 Å². The van der Waals surface area contributed by atoms with Gasteiger partial charge in [0.1, 0.15) is 5.01 Å². The van der Waals surface area contributed by atoms with Crippen molar-refractivity contribution in [1.29, 1.82) is 0 Å². The molecule has 1 aliphatic heterocycles. The minimum absolute atomic E-state index is 0. The molecule has 1 aromatic heterocycles. The Labute approximate surface area is 188 Å². The van der Waals surface area contributed by atoms with E-state index in [2.05, 4.69) is 52.2 Å². The van der Waals surface area contributed by atoms with E-state index in [1.807, 2.05) is 6.92 Å². The van der Waals surface area contributed by atoms with Crippen LogP contribution in [-0.2, 0) is 16.3 Å². The number of nitrogens with zero attached hydrogens (tertiary/aromatic N) is 2. The van der Waals surface area contributed by atoms with E-state index in [0.29, 0.717) is 18.9 Å². The summed E-state index contributed by atoms with van der Waals surface area (Å²) < 4.78 is 23.2. The standard InChI is InChI=1S/C19H26N4O2S2.HI/c1-3-20-19(23-17-9-11-27(24,25)13-17)21-10-8-16-12-26-18(22-16)15-6-4-14(2)5-7-15;/h4-7,12,17H,3,8-11,13H2,1-2H3,(H2,20,21,23);1H. The molecular formula is C19H27IN4O2S2. The zero-order chi connectivity index (χ0) is 19.3. The summed E-state index contributed by atoms with van der Waals surface area (Å²) in [4.78, 5) is 9.28. The molecule has 1 saturated heterocycles. The fourth-order valence-corrected chi connectivity index (χ4v) is 5.49. The predicted octanol–water partition coefficient (Wildman–Crippen LogP) is 3.02. The van der Waals surface area contributed by atoms with Crippen LogP contribution in [0.1, 0.15) is 24.6 Å². The molecule has 0 radical (unpaired) electrons. The molecule has 0 aliphatic carbocycles. The minimum atomic E-state index is -2.90. The second-order valence-electron chi connectivity index (χ2n) is 6.76. The van der Waals surface area contributed by atoms with Gasteiger partial charge < -0.3 is 10.6 Å². The molecule has 0 amide bonds. The van der Waals surface area contributed by atoms with Gasteiger partial charge in [0.2, 0.25) is 0 Å². The summed E-state index contributed by atoms with van der Waals surface area (Å²) in [6.45, 7) is 5.41. The Morgan fingerprint density at radius 3 is 2.71 bits per heavy atom. The van der Waals surface area contributed by atoms with Gasteiger partial charge in [-0.05, 0) is 20.3 Å². The van der Waals surface area contributed by atoms with Gasteiger partial charge in [-0.25, -0.2) is 13.4 Å². The summed E-state index contributed by atoms with van der Waals surface area (Å²) in [5.41, 5.74) is 3.40. The number of sulfone groups is 1. The van der Waals surface area contributed by atoms with E-state index >= 15 is 0 Å². The third-order valence-electron chi connectivity index (χ3n) is 4.41. The van der Waals surface area contributed by atoms with Gasteiger partial charge in [0, 0.05) is 36.5 Å². The van der Waals surface area contributed by atoms with Gasteiger partial charge in [-0.2, -0.15) is 0 Å². The predicted molar refractivity (Wildman–Crippen MR) is 128 cm³/mol. The highest BCUT2D eigenvalue weighted by atomic mass is 127. The lowest BCUT2D eigenvalue weighted by Gasteiger charge is -2.15. The molecule has 3 rings (SSSR count). The second kappa shape index (κ2) is 10.5. The van der Waals surface area contributed by atoms with Gasteiger partial charge in [0.25, 0.3) is 0 Å². The Bertz CT molecular complexity index is 895. The van der Waals surface area contributed by atoms with Gasteiger partial charge in [-0.15, -0.1) is 35.3 Å². The number of aryl methyl sites for hydroxylation is 1. The van der Waals surface area contributed by atoms with Gasteiger partial charge in [0.05, 0.1) is 17.2 Å². The Balaban J connectivity index is 0.00000280. The number of aliphatic imine (C=N–C) groups is 1. The van der Waals surface area contributed by atoms with E-state index < -0.39 is 9.84 Å². The first-order valence-corrected chi connectivity index (χ1v) is 11.9. The third-order valence-corrected chi connectivity index (χ3v) is 7.11. The van der Waals surface area contributed by atoms with Crippen molar-refractivity contribution >= 4 is 51.1 Å². The average molecular weight is 534 g/mol. The number of hydrogen-bond donors (Lipinski definition) is 2. The summed E-state index contributed by atoms with van der Waals surface area (Å²) in [6.07, 6.45) is 1.39. The molecule has 28 heavy (non-hydrogen) atoms. The van der Waals surface area contributed by atoms with E-state index in [0.717, 1.165) is 29.2 Å². The Morgan fingerprint density at radius 2 is 2.07 bits per heavy atom. The third kappa shape index (κ3) is 6.70. The second-order valence-corrected chi connectivity index (χ2v) is 9.85. The lowest BCUT2D eigenvalue weighted by molar-refractivity contribution is 0.599. The van der Waals surface area contributed by atoms with Gasteiger partial charge >= 0.3 is 0 Å². The summed E-state index contributed by atoms with van der Waals surface area (Å²) in [7, 11) is -2.90. The van der Waals surface area contributed by atoms with Crippen LogP contribution in [0.3, 0.4) is 0 Å². The van der Waals surface area contributed by atoms with Gasteiger partial charge in [-0.1, -0.05) is 29.8 Å². The van der Waals surface area contributed by atoms with Crippen LogP contribution in [0.4, 0.5) is 0 Å². The normalized spacial score (nSPS) is 18.5. The number of thiazole rings is 1. The maximum absolute atomic E-state index is 11.6. The maximum Gasteiger partial charge on any atom is 0.191 e. The summed E-state index contributed by atoms with van der Waals surface area (Å²) in [5, 5.41) is 9.52. The van der Waals surface area contributed by atoms with E-state index in [-0.39, 0.29) is 41.5 Å². The van der Waals surface area contributed by atoms with Crippen LogP contribution in [-0.4, -0.2) is 50.0 Å². The minimum Gasteiger partial charge on any atom is -0.357 e. The SMILES string of the molecule is CCNC(=NCCc1csc(-c2ccc(C)cc2)n1)NC1CCS(=O)(=O)C1.I. The highest BCUT2D eigenvalue weighted by Crippen LogP contribution is 2.24. The molecule has 1 aliphatic rings. The quantitative estimate of drug-likeness (QED) is 0.338. The van der Waals surface area contributed by atoms with E-state index in [1.165, 1.54) is 5.56 Å². The first-order chi connectivity index (χ1) is 12.9. The molecule has 154 valence electrons. The highest BCUT2D eigenvalue weighted by molar-refractivity contribution is 14.0. The van der Waals surface area contributed by atoms with Crippen molar-refractivity contribution < 1.29 is 8.42 Å². The number of hydrogen-bond acceptors (Lipinski definition) is 5. The topological polar surface area (TPSA) is 83.4 Å². The van der Waals surface area contributed by atoms with Crippen LogP contribution in [0, 0.1) is 6.92 Å². The van der Waals surface area contributed by atoms with Crippen molar-refractivity contribution in [1.82, 2.24) is 15.6 Å². The van der Waals surface area contributed by atoms with Crippen molar-refractivity contribution in [2.24, 2.45) is 4.99 Å². The van der Waals surface area contributed by atoms with Crippen LogP contribution in [0.5, 0.6) is 0 Å². The van der Waals surface area contributed by atoms with Crippen molar-refractivity contribution in [3.05, 3.63) is 40.9 Å². The van der Waals surface area contributed by atoms with E-state index in [9.17, 15) is 8.42 Å². The molecule has 0 bridgehead atoms. The molecule has 2 heterocycles. The van der Waals surface area contributed by atoms with Crippen molar-refractivity contribution in [3.63, 3.8) is 0 Å². The molecule has 1 unspecified atom stereocenters. The van der Waals surface area contributed by atoms with Crippen molar-refractivity contribution in [2.45, 2.75) is 32.7 Å². The zero-order valence-corrected chi connectivity index (χ0v) is 20.1. The fraction of sp³-hybridized carbons (Fsp3) is 0.474. The summed E-state index contributed by atoms with van der Waals surface area (Å²) in [6, 6.07) is 8.33. The zero-order valence-electron chi connectivity index (χ0n) is 16.1. The monoisotopic (exact) mass is 534 g/mol. The molecule has 1 aromatic carbocycles. The summed E-state index contributed by atoms with van der Waals surface area (Å²) >= 11 is 1.65. The number of rotatable bonds is 6. The first kappa shape index (κ1) is 23.1. The van der Waals surface area contributed by atoms with Gasteiger partial charge in [-0.3, -0.25) is 4.99 Å². The van der Waals surface area contributed by atoms with E-state index in [4.69, 9.17) is 4.98 Å². The van der Waals surface area contributed by atoms with Crippen molar-refractivity contribution in [2.75, 3.05) is 24.6 Å². The number of halogens is 1. The molecule has 2 N–H and O–H groups in total. The molecule has 1 fully saturated rings. The lowest BCUT2D eigenvalue weighted by Crippen LogP contribution is -2.44. The van der Waals surface area contributed by atoms with E-state index in [1.54, 1.807) is 11.3 Å².